The molecule has 0 aliphatic heterocycles. The number of amides is 2. The second-order valence-electron chi connectivity index (χ2n) is 4.45. The first kappa shape index (κ1) is 16.5. The normalized spacial score (nSPS) is 10.4. The van der Waals surface area contributed by atoms with Crippen molar-refractivity contribution in [1.82, 2.24) is 10.6 Å². The van der Waals surface area contributed by atoms with E-state index in [1.54, 1.807) is 12.1 Å². The lowest BCUT2D eigenvalue weighted by Crippen LogP contribution is -2.36. The van der Waals surface area contributed by atoms with Gasteiger partial charge >= 0.3 is 6.61 Å². The molecule has 1 aromatic carbocycles. The number of nitrogens with one attached hydrogen (secondary N) is 2. The van der Waals surface area contributed by atoms with Crippen molar-refractivity contribution >= 4 is 11.8 Å². The summed E-state index contributed by atoms with van der Waals surface area (Å²) in [6, 6.07) is 8.70. The van der Waals surface area contributed by atoms with Crippen LogP contribution in [0.4, 0.5) is 8.78 Å². The van der Waals surface area contributed by atoms with Gasteiger partial charge in [-0.15, -0.1) is 0 Å². The van der Waals surface area contributed by atoms with Gasteiger partial charge in [-0.05, 0) is 30.3 Å². The van der Waals surface area contributed by atoms with Gasteiger partial charge in [0, 0.05) is 5.56 Å². The number of carbonyl (C=O) groups excluding carboxylic acids is 2. The predicted molar refractivity (Wildman–Crippen MR) is 76.0 cm³/mol. The maximum atomic E-state index is 12.1. The highest BCUT2D eigenvalue weighted by molar-refractivity contribution is 5.96. The number of rotatable bonds is 7. The Morgan fingerprint density at radius 1 is 1.17 bits per heavy atom. The number of hydrogen-bond donors (Lipinski definition) is 2. The second-order valence-corrected chi connectivity index (χ2v) is 4.45. The van der Waals surface area contributed by atoms with Gasteiger partial charge in [0.2, 0.25) is 5.91 Å². The summed E-state index contributed by atoms with van der Waals surface area (Å²) < 4.78 is 33.5. The average molecular weight is 324 g/mol. The summed E-state index contributed by atoms with van der Waals surface area (Å²) in [5.41, 5.74) is 0.113. The van der Waals surface area contributed by atoms with Crippen LogP contribution >= 0.6 is 0 Å². The first-order valence-electron chi connectivity index (χ1n) is 6.67. The van der Waals surface area contributed by atoms with E-state index in [1.165, 1.54) is 30.5 Å². The molecule has 2 aromatic rings. The molecule has 6 nitrogen and oxygen atoms in total. The summed E-state index contributed by atoms with van der Waals surface area (Å²) in [7, 11) is 0. The lowest BCUT2D eigenvalue weighted by molar-refractivity contribution is -0.120. The fourth-order valence-corrected chi connectivity index (χ4v) is 1.74. The zero-order valence-electron chi connectivity index (χ0n) is 11.9. The van der Waals surface area contributed by atoms with Crippen LogP contribution in [0, 0.1) is 0 Å². The molecule has 1 aromatic heterocycles. The quantitative estimate of drug-likeness (QED) is 0.815. The largest absolute Gasteiger partial charge is 0.467 e. The highest BCUT2D eigenvalue weighted by atomic mass is 19.3. The Kier molecular flexibility index (Phi) is 5.67. The van der Waals surface area contributed by atoms with Crippen molar-refractivity contribution in [2.75, 3.05) is 6.54 Å². The van der Waals surface area contributed by atoms with Gasteiger partial charge in [0.05, 0.1) is 19.4 Å². The van der Waals surface area contributed by atoms with Crippen molar-refractivity contribution < 1.29 is 27.5 Å². The monoisotopic (exact) mass is 324 g/mol. The van der Waals surface area contributed by atoms with Gasteiger partial charge in [-0.2, -0.15) is 8.78 Å². The van der Waals surface area contributed by atoms with E-state index in [9.17, 15) is 18.4 Å². The molecule has 2 amide bonds. The van der Waals surface area contributed by atoms with Crippen molar-refractivity contribution in [3.8, 4) is 5.75 Å². The lowest BCUT2D eigenvalue weighted by Gasteiger charge is -2.08. The molecule has 0 bridgehead atoms. The van der Waals surface area contributed by atoms with Crippen LogP contribution in [-0.4, -0.2) is 25.0 Å². The molecule has 0 fully saturated rings. The van der Waals surface area contributed by atoms with Gasteiger partial charge in [-0.3, -0.25) is 9.59 Å². The molecule has 2 rings (SSSR count). The smallest absolute Gasteiger partial charge is 0.387 e. The summed E-state index contributed by atoms with van der Waals surface area (Å²) in [5.74, 6) is -0.524. The van der Waals surface area contributed by atoms with Gasteiger partial charge in [0.15, 0.2) is 0 Å². The maximum absolute atomic E-state index is 12.1. The molecule has 0 aliphatic rings. The molecule has 0 spiro atoms. The standard InChI is InChI=1S/C15H14F2N2O4/c16-15(17)23-11-4-1-3-10(7-11)14(21)19-9-13(20)18-8-12-5-2-6-22-12/h1-7,15H,8-9H2,(H,18,20)(H,19,21). The van der Waals surface area contributed by atoms with E-state index in [0.717, 1.165) is 0 Å². The highest BCUT2D eigenvalue weighted by Crippen LogP contribution is 2.15. The van der Waals surface area contributed by atoms with Crippen LogP contribution in [0.2, 0.25) is 0 Å². The molecule has 2 N–H and O–H groups in total. The first-order chi connectivity index (χ1) is 11.0. The number of furan rings is 1. The van der Waals surface area contributed by atoms with Crippen LogP contribution in [0.15, 0.2) is 47.1 Å². The molecule has 8 heteroatoms. The minimum absolute atomic E-state index is 0.113. The predicted octanol–water partition coefficient (Wildman–Crippen LogP) is 1.93. The van der Waals surface area contributed by atoms with Crippen LogP contribution < -0.4 is 15.4 Å². The van der Waals surface area contributed by atoms with E-state index in [1.807, 2.05) is 0 Å². The number of carbonyl (C=O) groups is 2. The molecule has 0 radical (unpaired) electrons. The molecule has 0 unspecified atom stereocenters. The van der Waals surface area contributed by atoms with Crippen molar-refractivity contribution in [3.05, 3.63) is 54.0 Å². The summed E-state index contributed by atoms with van der Waals surface area (Å²) in [6.07, 6.45) is 1.48. The van der Waals surface area contributed by atoms with Gasteiger partial charge < -0.3 is 19.8 Å². The number of benzene rings is 1. The topological polar surface area (TPSA) is 80.6 Å². The van der Waals surface area contributed by atoms with Gasteiger partial charge in [0.1, 0.15) is 11.5 Å². The lowest BCUT2D eigenvalue weighted by atomic mass is 10.2. The Morgan fingerprint density at radius 3 is 2.70 bits per heavy atom. The number of alkyl halides is 2. The van der Waals surface area contributed by atoms with E-state index in [0.29, 0.717) is 5.76 Å². The van der Waals surface area contributed by atoms with Crippen molar-refractivity contribution in [3.63, 3.8) is 0 Å². The van der Waals surface area contributed by atoms with E-state index in [-0.39, 0.29) is 24.4 Å². The average Bonchev–Trinajstić information content (AvgIpc) is 3.03. The Morgan fingerprint density at radius 2 is 2.00 bits per heavy atom. The third-order valence-corrected chi connectivity index (χ3v) is 2.77. The van der Waals surface area contributed by atoms with E-state index in [4.69, 9.17) is 4.42 Å². The Hall–Kier alpha value is -2.90. The molecule has 122 valence electrons. The van der Waals surface area contributed by atoms with Crippen molar-refractivity contribution in [2.45, 2.75) is 13.2 Å². The molecular weight excluding hydrogens is 310 g/mol. The Labute approximate surface area is 130 Å². The van der Waals surface area contributed by atoms with Gasteiger partial charge in [0.25, 0.3) is 5.91 Å². The van der Waals surface area contributed by atoms with E-state index in [2.05, 4.69) is 15.4 Å². The number of hydrogen-bond acceptors (Lipinski definition) is 4. The maximum Gasteiger partial charge on any atom is 0.387 e. The van der Waals surface area contributed by atoms with Crippen LogP contribution in [0.5, 0.6) is 5.75 Å². The Balaban J connectivity index is 1.80. The van der Waals surface area contributed by atoms with Crippen molar-refractivity contribution in [1.29, 1.82) is 0 Å². The highest BCUT2D eigenvalue weighted by Gasteiger charge is 2.11. The van der Waals surface area contributed by atoms with Crippen LogP contribution in [0.3, 0.4) is 0 Å². The Bertz CT molecular complexity index is 659. The summed E-state index contributed by atoms with van der Waals surface area (Å²) in [4.78, 5) is 23.5. The minimum Gasteiger partial charge on any atom is -0.467 e. The summed E-state index contributed by atoms with van der Waals surface area (Å²) in [5, 5.41) is 4.94. The fourth-order valence-electron chi connectivity index (χ4n) is 1.74. The molecule has 1 heterocycles. The van der Waals surface area contributed by atoms with Gasteiger partial charge in [-0.1, -0.05) is 6.07 Å². The van der Waals surface area contributed by atoms with Gasteiger partial charge in [-0.25, -0.2) is 0 Å². The minimum atomic E-state index is -2.97. The second kappa shape index (κ2) is 7.92. The van der Waals surface area contributed by atoms with Crippen LogP contribution in [-0.2, 0) is 11.3 Å². The molecule has 0 saturated heterocycles. The molecule has 0 aliphatic carbocycles. The third kappa shape index (κ3) is 5.42. The summed E-state index contributed by atoms with van der Waals surface area (Å²) in [6.45, 7) is -3.01. The number of halogens is 2. The molecular formula is C15H14F2N2O4. The molecule has 23 heavy (non-hydrogen) atoms. The SMILES string of the molecule is O=C(CNC(=O)c1cccc(OC(F)F)c1)NCc1ccco1. The molecule has 0 saturated carbocycles. The summed E-state index contributed by atoms with van der Waals surface area (Å²) >= 11 is 0. The van der Waals surface area contributed by atoms with Crippen LogP contribution in [0.25, 0.3) is 0 Å². The zero-order chi connectivity index (χ0) is 16.7. The number of ether oxygens (including phenoxy) is 1. The van der Waals surface area contributed by atoms with Crippen molar-refractivity contribution in [2.24, 2.45) is 0 Å². The zero-order valence-corrected chi connectivity index (χ0v) is 11.9. The van der Waals surface area contributed by atoms with E-state index >= 15 is 0 Å². The van der Waals surface area contributed by atoms with Crippen LogP contribution in [0.1, 0.15) is 16.1 Å². The first-order valence-corrected chi connectivity index (χ1v) is 6.67. The third-order valence-electron chi connectivity index (χ3n) is 2.77. The van der Waals surface area contributed by atoms with E-state index < -0.39 is 18.4 Å². The fraction of sp³-hybridized carbons (Fsp3) is 0.200. The molecule has 0 atom stereocenters.